The number of rotatable bonds is 9. The van der Waals surface area contributed by atoms with Gasteiger partial charge in [-0.25, -0.2) is 18.4 Å². The number of nitrogens with two attached hydrogens (primary N) is 1. The average Bonchev–Trinajstić information content (AvgIpc) is 2.84. The first kappa shape index (κ1) is 27.1. The molecule has 3 aromatic rings. The number of primary sulfonamides is 1. The lowest BCUT2D eigenvalue weighted by molar-refractivity contribution is -0.148. The van der Waals surface area contributed by atoms with E-state index in [0.717, 1.165) is 0 Å². The fraction of sp³-hybridized carbons (Fsp3) is 0.115. The Morgan fingerprint density at radius 3 is 2.05 bits per heavy atom. The third-order valence-electron chi connectivity index (χ3n) is 4.91. The van der Waals surface area contributed by atoms with Crippen LogP contribution >= 0.6 is 0 Å². The van der Waals surface area contributed by atoms with Crippen LogP contribution in [0.1, 0.15) is 19.4 Å². The number of ether oxygens (including phenoxy) is 1. The fourth-order valence-corrected chi connectivity index (χ4v) is 3.67. The third kappa shape index (κ3) is 8.60. The highest BCUT2D eigenvalue weighted by atomic mass is 32.2. The zero-order valence-corrected chi connectivity index (χ0v) is 20.9. The minimum absolute atomic E-state index is 0.00153. The predicted molar refractivity (Wildman–Crippen MR) is 142 cm³/mol. The molecule has 0 radical (unpaired) electrons. The topological polar surface area (TPSA) is 157 Å². The first-order valence-electron chi connectivity index (χ1n) is 11.1. The summed E-state index contributed by atoms with van der Waals surface area (Å²) in [4.78, 5) is 35.5. The van der Waals surface area contributed by atoms with Crippen molar-refractivity contribution in [3.8, 4) is 0 Å². The highest BCUT2D eigenvalue weighted by Gasteiger charge is 2.16. The minimum atomic E-state index is -3.81. The maximum atomic E-state index is 12.3. The van der Waals surface area contributed by atoms with E-state index in [9.17, 15) is 22.8 Å². The van der Waals surface area contributed by atoms with Gasteiger partial charge in [0, 0.05) is 35.7 Å². The number of anilines is 4. The Kier molecular flexibility index (Phi) is 8.77. The molecule has 0 fully saturated rings. The Hall–Kier alpha value is -4.48. The van der Waals surface area contributed by atoms with Gasteiger partial charge in [0.1, 0.15) is 0 Å². The van der Waals surface area contributed by atoms with E-state index >= 15 is 0 Å². The van der Waals surface area contributed by atoms with Crippen LogP contribution in [0.15, 0.2) is 83.8 Å². The van der Waals surface area contributed by atoms with Crippen molar-refractivity contribution in [2.75, 3.05) is 16.0 Å². The second-order valence-corrected chi connectivity index (χ2v) is 9.54. The van der Waals surface area contributed by atoms with E-state index in [2.05, 4.69) is 16.0 Å². The number of carbonyl (C=O) groups is 3. The van der Waals surface area contributed by atoms with Crippen LogP contribution < -0.4 is 21.1 Å². The molecule has 192 valence electrons. The molecule has 0 aliphatic heterocycles. The minimum Gasteiger partial charge on any atom is -0.449 e. The Balaban J connectivity index is 1.51. The lowest BCUT2D eigenvalue weighted by atomic mass is 10.2. The quantitative estimate of drug-likeness (QED) is 0.247. The van der Waals surface area contributed by atoms with E-state index in [1.54, 1.807) is 66.7 Å². The molecule has 10 nitrogen and oxygen atoms in total. The van der Waals surface area contributed by atoms with Crippen molar-refractivity contribution in [1.29, 1.82) is 0 Å². The standard InChI is InChI=1S/C26H26N4O6S/c1-17(26(33)30-22-13-11-20(12-14-22)28-18(2)31)36-25(32)15-8-19-6-9-21(10-7-19)29-23-4-3-5-24(16-23)37(27,34)35/h3-17,29H,1-2H3,(H,28,31)(H,30,33)(H2,27,34,35). The fourth-order valence-electron chi connectivity index (χ4n) is 3.11. The molecule has 3 aromatic carbocycles. The Morgan fingerprint density at radius 1 is 0.865 bits per heavy atom. The zero-order chi connectivity index (χ0) is 27.0. The molecule has 3 rings (SSSR count). The molecule has 2 amide bonds. The average molecular weight is 523 g/mol. The number of carbonyl (C=O) groups excluding carboxylic acids is 3. The molecule has 0 bridgehead atoms. The molecule has 0 aliphatic rings. The van der Waals surface area contributed by atoms with Crippen molar-refractivity contribution in [2.24, 2.45) is 5.14 Å². The van der Waals surface area contributed by atoms with Gasteiger partial charge < -0.3 is 20.7 Å². The number of hydrogen-bond donors (Lipinski definition) is 4. The molecule has 11 heteroatoms. The van der Waals surface area contributed by atoms with Crippen molar-refractivity contribution in [2.45, 2.75) is 24.8 Å². The highest BCUT2D eigenvalue weighted by molar-refractivity contribution is 7.89. The lowest BCUT2D eigenvalue weighted by Gasteiger charge is -2.13. The Morgan fingerprint density at radius 2 is 1.46 bits per heavy atom. The molecular formula is C26H26N4O6S. The summed E-state index contributed by atoms with van der Waals surface area (Å²) in [5.74, 6) is -1.40. The van der Waals surface area contributed by atoms with Gasteiger partial charge in [0.25, 0.3) is 5.91 Å². The molecule has 1 unspecified atom stereocenters. The predicted octanol–water partition coefficient (Wildman–Crippen LogP) is 3.62. The molecule has 0 saturated carbocycles. The van der Waals surface area contributed by atoms with Gasteiger partial charge in [-0.1, -0.05) is 18.2 Å². The molecule has 0 spiro atoms. The monoisotopic (exact) mass is 522 g/mol. The smallest absolute Gasteiger partial charge is 0.331 e. The number of nitrogens with one attached hydrogen (secondary N) is 3. The summed E-state index contributed by atoms with van der Waals surface area (Å²) in [5, 5.41) is 13.5. The van der Waals surface area contributed by atoms with Gasteiger partial charge in [0.2, 0.25) is 15.9 Å². The molecule has 0 heterocycles. The number of benzene rings is 3. The second kappa shape index (κ2) is 12.0. The largest absolute Gasteiger partial charge is 0.449 e. The van der Waals surface area contributed by atoms with Crippen LogP contribution in [0.5, 0.6) is 0 Å². The van der Waals surface area contributed by atoms with Gasteiger partial charge in [0.15, 0.2) is 6.10 Å². The maximum Gasteiger partial charge on any atom is 0.331 e. The van der Waals surface area contributed by atoms with Gasteiger partial charge >= 0.3 is 5.97 Å². The van der Waals surface area contributed by atoms with Crippen molar-refractivity contribution >= 4 is 56.6 Å². The Labute approximate surface area is 214 Å². The highest BCUT2D eigenvalue weighted by Crippen LogP contribution is 2.20. The van der Waals surface area contributed by atoms with Crippen LogP contribution in [0.3, 0.4) is 0 Å². The molecule has 0 aliphatic carbocycles. The summed E-state index contributed by atoms with van der Waals surface area (Å²) in [6.45, 7) is 2.85. The first-order chi connectivity index (χ1) is 17.5. The van der Waals surface area contributed by atoms with E-state index in [0.29, 0.717) is 28.3 Å². The first-order valence-corrected chi connectivity index (χ1v) is 12.6. The van der Waals surface area contributed by atoms with Crippen molar-refractivity contribution in [1.82, 2.24) is 0 Å². The summed E-state index contributed by atoms with van der Waals surface area (Å²) in [6.07, 6.45) is 1.72. The molecular weight excluding hydrogens is 496 g/mol. The van der Waals surface area contributed by atoms with E-state index in [1.165, 1.54) is 32.1 Å². The maximum absolute atomic E-state index is 12.3. The van der Waals surface area contributed by atoms with Gasteiger partial charge in [-0.15, -0.1) is 0 Å². The number of amides is 2. The van der Waals surface area contributed by atoms with E-state index in [4.69, 9.17) is 9.88 Å². The molecule has 1 atom stereocenters. The van der Waals surface area contributed by atoms with Crippen LogP contribution in [0.2, 0.25) is 0 Å². The molecule has 0 saturated heterocycles. The van der Waals surface area contributed by atoms with E-state index in [1.807, 2.05) is 0 Å². The van der Waals surface area contributed by atoms with E-state index < -0.39 is 28.0 Å². The zero-order valence-electron chi connectivity index (χ0n) is 20.1. The second-order valence-electron chi connectivity index (χ2n) is 7.98. The van der Waals surface area contributed by atoms with Crippen LogP contribution in [-0.4, -0.2) is 32.3 Å². The molecule has 0 aromatic heterocycles. The SMILES string of the molecule is CC(=O)Nc1ccc(NC(=O)C(C)OC(=O)C=Cc2ccc(Nc3cccc(S(N)(=O)=O)c3)cc2)cc1. The summed E-state index contributed by atoms with van der Waals surface area (Å²) >= 11 is 0. The van der Waals surface area contributed by atoms with Gasteiger partial charge in [0.05, 0.1) is 4.90 Å². The van der Waals surface area contributed by atoms with Crippen molar-refractivity contribution < 1.29 is 27.5 Å². The van der Waals surface area contributed by atoms with Crippen molar-refractivity contribution in [3.63, 3.8) is 0 Å². The molecule has 5 N–H and O–H groups in total. The number of esters is 1. The number of hydrogen-bond acceptors (Lipinski definition) is 7. The summed E-state index contributed by atoms with van der Waals surface area (Å²) in [7, 11) is -3.81. The normalized spacial score (nSPS) is 12.0. The van der Waals surface area contributed by atoms with Crippen molar-refractivity contribution in [3.05, 3.63) is 84.4 Å². The van der Waals surface area contributed by atoms with E-state index in [-0.39, 0.29) is 10.8 Å². The third-order valence-corrected chi connectivity index (χ3v) is 5.82. The molecule has 37 heavy (non-hydrogen) atoms. The van der Waals surface area contributed by atoms with Crippen LogP contribution in [0, 0.1) is 0 Å². The summed E-state index contributed by atoms with van der Waals surface area (Å²) in [5.41, 5.74) is 3.03. The summed E-state index contributed by atoms with van der Waals surface area (Å²) in [6, 6.07) is 19.6. The summed E-state index contributed by atoms with van der Waals surface area (Å²) < 4.78 is 28.2. The lowest BCUT2D eigenvalue weighted by Crippen LogP contribution is -2.29. The van der Waals surface area contributed by atoms with Gasteiger partial charge in [-0.05, 0) is 73.2 Å². The van der Waals surface area contributed by atoms with Crippen LogP contribution in [0.25, 0.3) is 6.08 Å². The van der Waals surface area contributed by atoms with Crippen LogP contribution in [-0.2, 0) is 29.1 Å². The van der Waals surface area contributed by atoms with Gasteiger partial charge in [-0.3, -0.25) is 9.59 Å². The van der Waals surface area contributed by atoms with Crippen LogP contribution in [0.4, 0.5) is 22.7 Å². The van der Waals surface area contributed by atoms with Gasteiger partial charge in [-0.2, -0.15) is 0 Å². The number of sulfonamides is 1. The Bertz CT molecular complexity index is 1420.